The summed E-state index contributed by atoms with van der Waals surface area (Å²) in [6, 6.07) is 11.2. The van der Waals surface area contributed by atoms with Gasteiger partial charge in [0.05, 0.1) is 17.5 Å². The maximum absolute atomic E-state index is 13.9. The number of halogens is 1. The van der Waals surface area contributed by atoms with Gasteiger partial charge in [-0.25, -0.2) is 8.42 Å². The van der Waals surface area contributed by atoms with E-state index in [-0.39, 0.29) is 24.5 Å². The summed E-state index contributed by atoms with van der Waals surface area (Å²) in [5.74, 6) is -0.281. The van der Waals surface area contributed by atoms with Crippen LogP contribution in [0.1, 0.15) is 67.3 Å². The van der Waals surface area contributed by atoms with Gasteiger partial charge in [-0.15, -0.1) is 0 Å². The lowest BCUT2D eigenvalue weighted by molar-refractivity contribution is -0.122. The summed E-state index contributed by atoms with van der Waals surface area (Å²) in [6.07, 6.45) is 4.66. The van der Waals surface area contributed by atoms with E-state index in [2.05, 4.69) is 21.2 Å². The molecule has 1 aliphatic carbocycles. The molecule has 0 bridgehead atoms. The van der Waals surface area contributed by atoms with E-state index in [1.165, 1.54) is 4.31 Å². The number of benzene rings is 2. The summed E-state index contributed by atoms with van der Waals surface area (Å²) in [6.45, 7) is 7.38. The molecule has 1 atom stereocenters. The number of hydrogen-bond donors (Lipinski definition) is 1. The third-order valence-corrected chi connectivity index (χ3v) is 8.93. The molecule has 32 heavy (non-hydrogen) atoms. The van der Waals surface area contributed by atoms with Crippen molar-refractivity contribution >= 4 is 31.9 Å². The molecule has 7 heteroatoms. The highest BCUT2D eigenvalue weighted by atomic mass is 79.9. The van der Waals surface area contributed by atoms with Gasteiger partial charge in [0.2, 0.25) is 15.9 Å². The smallest absolute Gasteiger partial charge is 0.244 e. The van der Waals surface area contributed by atoms with Gasteiger partial charge in [0, 0.05) is 10.5 Å². The minimum atomic E-state index is -3.81. The van der Waals surface area contributed by atoms with E-state index in [4.69, 9.17) is 0 Å². The molecule has 0 heterocycles. The fourth-order valence-corrected chi connectivity index (χ4v) is 7.05. The monoisotopic (exact) mass is 520 g/mol. The van der Waals surface area contributed by atoms with Gasteiger partial charge in [-0.3, -0.25) is 4.79 Å². The standard InChI is InChI=1S/C25H33BrN2O3S/c1-17-14-18(2)25(19(3)15-17)32(30,31)28(23-8-6-5-7-9-23)16-24(29)27-20(4)21-10-12-22(26)13-11-21/h10-15,20,23H,5-9,16H2,1-4H3,(H,27,29)/t20-/m1/s1. The molecule has 2 aromatic rings. The Balaban J connectivity index is 1.87. The Hall–Kier alpha value is -1.70. The molecular weight excluding hydrogens is 488 g/mol. The molecule has 0 radical (unpaired) electrons. The van der Waals surface area contributed by atoms with Crippen molar-refractivity contribution in [1.29, 1.82) is 0 Å². The van der Waals surface area contributed by atoms with Gasteiger partial charge < -0.3 is 5.32 Å². The van der Waals surface area contributed by atoms with Crippen LogP contribution in [0.5, 0.6) is 0 Å². The van der Waals surface area contributed by atoms with E-state index in [1.807, 2.05) is 64.1 Å². The normalized spacial score (nSPS) is 16.2. The van der Waals surface area contributed by atoms with Crippen molar-refractivity contribution in [3.05, 3.63) is 63.1 Å². The van der Waals surface area contributed by atoms with E-state index in [9.17, 15) is 13.2 Å². The fourth-order valence-electron chi connectivity index (χ4n) is 4.73. The van der Waals surface area contributed by atoms with Crippen molar-refractivity contribution in [2.45, 2.75) is 76.8 Å². The molecule has 1 N–H and O–H groups in total. The maximum Gasteiger partial charge on any atom is 0.244 e. The van der Waals surface area contributed by atoms with Gasteiger partial charge in [0.15, 0.2) is 0 Å². The Morgan fingerprint density at radius 2 is 1.62 bits per heavy atom. The van der Waals surface area contributed by atoms with Crippen molar-refractivity contribution in [1.82, 2.24) is 9.62 Å². The first-order valence-electron chi connectivity index (χ1n) is 11.2. The summed E-state index contributed by atoms with van der Waals surface area (Å²) < 4.78 is 30.1. The summed E-state index contributed by atoms with van der Waals surface area (Å²) in [7, 11) is -3.81. The van der Waals surface area contributed by atoms with Crippen LogP contribution in [0, 0.1) is 20.8 Å². The Bertz CT molecular complexity index is 1040. The summed E-state index contributed by atoms with van der Waals surface area (Å²) in [5.41, 5.74) is 3.46. The van der Waals surface area contributed by atoms with Gasteiger partial charge in [-0.2, -0.15) is 4.31 Å². The van der Waals surface area contributed by atoms with E-state index >= 15 is 0 Å². The largest absolute Gasteiger partial charge is 0.348 e. The molecule has 1 saturated carbocycles. The number of sulfonamides is 1. The molecule has 0 unspecified atom stereocenters. The number of carbonyl (C=O) groups excluding carboxylic acids is 1. The van der Waals surface area contributed by atoms with Crippen molar-refractivity contribution in [3.8, 4) is 0 Å². The highest BCUT2D eigenvalue weighted by Crippen LogP contribution is 2.31. The molecule has 1 aliphatic rings. The second kappa shape index (κ2) is 10.5. The van der Waals surface area contributed by atoms with Crippen LogP contribution in [0.15, 0.2) is 45.8 Å². The number of amides is 1. The summed E-state index contributed by atoms with van der Waals surface area (Å²) >= 11 is 3.42. The van der Waals surface area contributed by atoms with Crippen LogP contribution in [0.2, 0.25) is 0 Å². The molecule has 0 aliphatic heterocycles. The molecule has 2 aromatic carbocycles. The first-order valence-corrected chi connectivity index (χ1v) is 13.5. The third-order valence-electron chi connectivity index (χ3n) is 6.20. The Labute approximate surface area is 200 Å². The number of rotatable bonds is 7. The van der Waals surface area contributed by atoms with E-state index < -0.39 is 10.0 Å². The maximum atomic E-state index is 13.9. The minimum Gasteiger partial charge on any atom is -0.348 e. The molecule has 0 aromatic heterocycles. The van der Waals surface area contributed by atoms with E-state index in [0.717, 1.165) is 58.8 Å². The number of hydrogen-bond acceptors (Lipinski definition) is 3. The number of carbonyl (C=O) groups is 1. The van der Waals surface area contributed by atoms with Crippen LogP contribution >= 0.6 is 15.9 Å². The highest BCUT2D eigenvalue weighted by Gasteiger charge is 2.36. The van der Waals surface area contributed by atoms with Crippen LogP contribution in [0.4, 0.5) is 0 Å². The molecule has 3 rings (SSSR count). The van der Waals surface area contributed by atoms with Crippen molar-refractivity contribution < 1.29 is 13.2 Å². The van der Waals surface area contributed by atoms with Crippen LogP contribution < -0.4 is 5.32 Å². The highest BCUT2D eigenvalue weighted by molar-refractivity contribution is 9.10. The lowest BCUT2D eigenvalue weighted by atomic mass is 9.95. The predicted molar refractivity (Wildman–Crippen MR) is 132 cm³/mol. The number of aryl methyl sites for hydroxylation is 3. The molecular formula is C25H33BrN2O3S. The SMILES string of the molecule is Cc1cc(C)c(S(=O)(=O)N(CC(=O)N[C@H](C)c2ccc(Br)cc2)C2CCCCC2)c(C)c1. The average molecular weight is 522 g/mol. The van der Waals surface area contributed by atoms with Crippen LogP contribution in [0.3, 0.4) is 0 Å². The number of nitrogens with zero attached hydrogens (tertiary/aromatic N) is 1. The lowest BCUT2D eigenvalue weighted by Gasteiger charge is -2.34. The second-order valence-electron chi connectivity index (χ2n) is 8.91. The fraction of sp³-hybridized carbons (Fsp3) is 0.480. The zero-order chi connectivity index (χ0) is 23.5. The zero-order valence-corrected chi connectivity index (χ0v) is 21.7. The lowest BCUT2D eigenvalue weighted by Crippen LogP contribution is -2.47. The predicted octanol–water partition coefficient (Wildman–Crippen LogP) is 5.58. The topological polar surface area (TPSA) is 66.5 Å². The van der Waals surface area contributed by atoms with Gasteiger partial charge in [-0.1, -0.05) is 65.0 Å². The van der Waals surface area contributed by atoms with Crippen molar-refractivity contribution in [2.24, 2.45) is 0 Å². The Kier molecular flexibility index (Phi) is 8.17. The van der Waals surface area contributed by atoms with Gasteiger partial charge in [0.25, 0.3) is 0 Å². The van der Waals surface area contributed by atoms with Crippen LogP contribution in [0.25, 0.3) is 0 Å². The Morgan fingerprint density at radius 1 is 1.06 bits per heavy atom. The van der Waals surface area contributed by atoms with Crippen LogP contribution in [-0.4, -0.2) is 31.2 Å². The first kappa shape index (κ1) is 24.9. The Morgan fingerprint density at radius 3 is 2.19 bits per heavy atom. The average Bonchev–Trinajstić information content (AvgIpc) is 2.72. The van der Waals surface area contributed by atoms with Gasteiger partial charge in [-0.05, 0) is 69.4 Å². The minimum absolute atomic E-state index is 0.150. The van der Waals surface area contributed by atoms with E-state index in [0.29, 0.717) is 4.90 Å². The molecule has 5 nitrogen and oxygen atoms in total. The molecule has 0 spiro atoms. The summed E-state index contributed by atoms with van der Waals surface area (Å²) in [5, 5.41) is 2.99. The first-order chi connectivity index (χ1) is 15.1. The van der Waals surface area contributed by atoms with Crippen molar-refractivity contribution in [2.75, 3.05) is 6.54 Å². The molecule has 0 saturated heterocycles. The van der Waals surface area contributed by atoms with Crippen LogP contribution in [-0.2, 0) is 14.8 Å². The quantitative estimate of drug-likeness (QED) is 0.518. The van der Waals surface area contributed by atoms with Gasteiger partial charge in [0.1, 0.15) is 0 Å². The van der Waals surface area contributed by atoms with Gasteiger partial charge >= 0.3 is 0 Å². The zero-order valence-electron chi connectivity index (χ0n) is 19.3. The third kappa shape index (κ3) is 5.80. The number of nitrogens with one attached hydrogen (secondary N) is 1. The van der Waals surface area contributed by atoms with Crippen molar-refractivity contribution in [3.63, 3.8) is 0 Å². The van der Waals surface area contributed by atoms with E-state index in [1.54, 1.807) is 0 Å². The molecule has 1 amide bonds. The molecule has 174 valence electrons. The second-order valence-corrected chi connectivity index (χ2v) is 11.7. The molecule has 1 fully saturated rings. The summed E-state index contributed by atoms with van der Waals surface area (Å²) in [4.78, 5) is 13.4.